The van der Waals surface area contributed by atoms with Crippen LogP contribution in [0.5, 0.6) is 0 Å². The molecule has 98 valence electrons. The largest absolute Gasteiger partial charge is 0.481 e. The third kappa shape index (κ3) is 3.88. The summed E-state index contributed by atoms with van der Waals surface area (Å²) in [6, 6.07) is 9.71. The number of hydrogen-bond acceptors (Lipinski definition) is 2. The second-order valence-corrected chi connectivity index (χ2v) is 4.41. The molecule has 4 heteroatoms. The fraction of sp³-hybridized carbons (Fsp3) is 0.200. The molecular formula is C15H14FNO2. The summed E-state index contributed by atoms with van der Waals surface area (Å²) in [4.78, 5) is 15.0. The van der Waals surface area contributed by atoms with Gasteiger partial charge in [-0.05, 0) is 41.7 Å². The number of benzene rings is 1. The maximum absolute atomic E-state index is 12.9. The van der Waals surface area contributed by atoms with Gasteiger partial charge in [0.25, 0.3) is 0 Å². The molecule has 0 saturated carbocycles. The van der Waals surface area contributed by atoms with Gasteiger partial charge in [-0.1, -0.05) is 18.2 Å². The molecule has 1 aromatic carbocycles. The van der Waals surface area contributed by atoms with Gasteiger partial charge in [-0.15, -0.1) is 0 Å². The van der Waals surface area contributed by atoms with Crippen LogP contribution in [0.25, 0.3) is 0 Å². The van der Waals surface area contributed by atoms with Gasteiger partial charge in [0.15, 0.2) is 0 Å². The van der Waals surface area contributed by atoms with Crippen LogP contribution in [0.4, 0.5) is 4.39 Å². The van der Waals surface area contributed by atoms with Crippen molar-refractivity contribution in [1.29, 1.82) is 0 Å². The van der Waals surface area contributed by atoms with E-state index in [1.165, 1.54) is 12.1 Å². The Morgan fingerprint density at radius 1 is 1.26 bits per heavy atom. The molecule has 1 unspecified atom stereocenters. The first-order valence-electron chi connectivity index (χ1n) is 6.01. The third-order valence-electron chi connectivity index (χ3n) is 2.97. The van der Waals surface area contributed by atoms with Crippen molar-refractivity contribution in [3.63, 3.8) is 0 Å². The highest BCUT2D eigenvalue weighted by Crippen LogP contribution is 2.24. The maximum Gasteiger partial charge on any atom is 0.303 e. The highest BCUT2D eigenvalue weighted by molar-refractivity contribution is 5.68. The van der Waals surface area contributed by atoms with Gasteiger partial charge in [-0.25, -0.2) is 4.39 Å². The Balaban J connectivity index is 2.20. The van der Waals surface area contributed by atoms with Crippen LogP contribution in [0.3, 0.4) is 0 Å². The van der Waals surface area contributed by atoms with Crippen molar-refractivity contribution < 1.29 is 14.3 Å². The zero-order valence-corrected chi connectivity index (χ0v) is 10.3. The number of hydrogen-bond donors (Lipinski definition) is 1. The lowest BCUT2D eigenvalue weighted by Gasteiger charge is -2.15. The van der Waals surface area contributed by atoms with Crippen molar-refractivity contribution in [2.24, 2.45) is 0 Å². The molecule has 0 aliphatic rings. The molecule has 0 aliphatic heterocycles. The topological polar surface area (TPSA) is 50.2 Å². The number of pyridine rings is 1. The summed E-state index contributed by atoms with van der Waals surface area (Å²) in [5.41, 5.74) is 1.80. The Kier molecular flexibility index (Phi) is 4.23. The Morgan fingerprint density at radius 3 is 2.58 bits per heavy atom. The second-order valence-electron chi connectivity index (χ2n) is 4.41. The Bertz CT molecular complexity index is 540. The lowest BCUT2D eigenvalue weighted by Crippen LogP contribution is -2.09. The number of aliphatic carboxylic acids is 1. The van der Waals surface area contributed by atoms with Crippen molar-refractivity contribution in [2.45, 2.75) is 18.8 Å². The van der Waals surface area contributed by atoms with Crippen LogP contribution in [-0.2, 0) is 11.2 Å². The van der Waals surface area contributed by atoms with Gasteiger partial charge in [-0.3, -0.25) is 9.78 Å². The number of nitrogens with zero attached hydrogens (tertiary/aromatic N) is 1. The first-order valence-corrected chi connectivity index (χ1v) is 6.01. The van der Waals surface area contributed by atoms with E-state index < -0.39 is 5.97 Å². The third-order valence-corrected chi connectivity index (χ3v) is 2.97. The lowest BCUT2D eigenvalue weighted by atomic mass is 9.90. The highest BCUT2D eigenvalue weighted by Gasteiger charge is 2.16. The maximum atomic E-state index is 12.9. The Hall–Kier alpha value is -2.23. The monoisotopic (exact) mass is 259 g/mol. The minimum atomic E-state index is -0.863. The molecule has 2 aromatic rings. The first kappa shape index (κ1) is 13.2. The van der Waals surface area contributed by atoms with Crippen LogP contribution < -0.4 is 0 Å². The summed E-state index contributed by atoms with van der Waals surface area (Å²) in [5, 5.41) is 8.99. The average Bonchev–Trinajstić information content (AvgIpc) is 2.39. The van der Waals surface area contributed by atoms with Crippen molar-refractivity contribution >= 4 is 5.97 Å². The number of halogens is 1. The molecule has 1 heterocycles. The quantitative estimate of drug-likeness (QED) is 0.897. The molecule has 0 fully saturated rings. The summed E-state index contributed by atoms with van der Waals surface area (Å²) in [6.45, 7) is 0. The summed E-state index contributed by atoms with van der Waals surface area (Å²) in [7, 11) is 0. The fourth-order valence-corrected chi connectivity index (χ4v) is 2.06. The van der Waals surface area contributed by atoms with Gasteiger partial charge in [0.05, 0.1) is 6.42 Å². The molecule has 0 aliphatic carbocycles. The van der Waals surface area contributed by atoms with Gasteiger partial charge >= 0.3 is 5.97 Å². The van der Waals surface area contributed by atoms with Crippen molar-refractivity contribution in [3.8, 4) is 0 Å². The van der Waals surface area contributed by atoms with Crippen molar-refractivity contribution in [2.75, 3.05) is 0 Å². The second kappa shape index (κ2) is 6.09. The first-order chi connectivity index (χ1) is 9.15. The van der Waals surface area contributed by atoms with E-state index in [9.17, 15) is 9.18 Å². The molecular weight excluding hydrogens is 245 g/mol. The number of carboxylic acids is 1. The number of rotatable bonds is 5. The average molecular weight is 259 g/mol. The molecule has 0 spiro atoms. The summed E-state index contributed by atoms with van der Waals surface area (Å²) < 4.78 is 12.9. The van der Waals surface area contributed by atoms with Gasteiger partial charge in [0.1, 0.15) is 5.82 Å². The van der Waals surface area contributed by atoms with Crippen LogP contribution in [-0.4, -0.2) is 16.1 Å². The molecule has 2 rings (SSSR count). The molecule has 1 aromatic heterocycles. The van der Waals surface area contributed by atoms with E-state index in [1.54, 1.807) is 24.5 Å². The number of carboxylic acid groups (broad SMARTS) is 1. The molecule has 0 bridgehead atoms. The van der Waals surface area contributed by atoms with E-state index in [4.69, 9.17) is 5.11 Å². The van der Waals surface area contributed by atoms with E-state index in [1.807, 2.05) is 12.1 Å². The zero-order chi connectivity index (χ0) is 13.7. The molecule has 0 amide bonds. The number of carbonyl (C=O) groups is 1. The van der Waals surface area contributed by atoms with Gasteiger partial charge in [0.2, 0.25) is 0 Å². The Morgan fingerprint density at radius 2 is 2.00 bits per heavy atom. The minimum absolute atomic E-state index is 0.0144. The van der Waals surface area contributed by atoms with Crippen LogP contribution in [0.2, 0.25) is 0 Å². The van der Waals surface area contributed by atoms with Crippen LogP contribution in [0, 0.1) is 5.82 Å². The highest BCUT2D eigenvalue weighted by atomic mass is 19.1. The van der Waals surface area contributed by atoms with E-state index in [0.717, 1.165) is 11.1 Å². The van der Waals surface area contributed by atoms with Crippen molar-refractivity contribution in [1.82, 2.24) is 4.98 Å². The summed E-state index contributed by atoms with van der Waals surface area (Å²) in [5.74, 6) is -1.36. The normalized spacial score (nSPS) is 12.1. The molecule has 0 saturated heterocycles. The molecule has 19 heavy (non-hydrogen) atoms. The van der Waals surface area contributed by atoms with Gasteiger partial charge in [-0.2, -0.15) is 0 Å². The van der Waals surface area contributed by atoms with Crippen LogP contribution >= 0.6 is 0 Å². The van der Waals surface area contributed by atoms with Gasteiger partial charge < -0.3 is 5.11 Å². The van der Waals surface area contributed by atoms with E-state index in [0.29, 0.717) is 6.42 Å². The zero-order valence-electron chi connectivity index (χ0n) is 10.3. The Labute approximate surface area is 110 Å². The standard InChI is InChI=1S/C15H14FNO2/c16-14-5-3-12(4-6-14)13(9-15(18)19)8-11-2-1-7-17-10-11/h1-7,10,13H,8-9H2,(H,18,19). The van der Waals surface area contributed by atoms with Gasteiger partial charge in [0, 0.05) is 12.4 Å². The summed E-state index contributed by atoms with van der Waals surface area (Å²) >= 11 is 0. The van der Waals surface area contributed by atoms with E-state index in [2.05, 4.69) is 4.98 Å². The molecule has 1 atom stereocenters. The van der Waals surface area contributed by atoms with Crippen LogP contribution in [0.1, 0.15) is 23.5 Å². The number of aromatic nitrogens is 1. The van der Waals surface area contributed by atoms with Crippen molar-refractivity contribution in [3.05, 3.63) is 65.7 Å². The SMILES string of the molecule is O=C(O)CC(Cc1cccnc1)c1ccc(F)cc1. The van der Waals surface area contributed by atoms with E-state index in [-0.39, 0.29) is 18.2 Å². The van der Waals surface area contributed by atoms with Crippen LogP contribution in [0.15, 0.2) is 48.8 Å². The van der Waals surface area contributed by atoms with E-state index >= 15 is 0 Å². The fourth-order valence-electron chi connectivity index (χ4n) is 2.06. The smallest absolute Gasteiger partial charge is 0.303 e. The minimum Gasteiger partial charge on any atom is -0.481 e. The predicted octanol–water partition coefficient (Wildman–Crippen LogP) is 3.02. The summed E-state index contributed by atoms with van der Waals surface area (Å²) in [6.07, 6.45) is 3.98. The molecule has 3 nitrogen and oxygen atoms in total. The molecule has 1 N–H and O–H groups in total. The lowest BCUT2D eigenvalue weighted by molar-refractivity contribution is -0.137. The molecule has 0 radical (unpaired) electrons. The predicted molar refractivity (Wildman–Crippen MR) is 69.3 cm³/mol.